The fourth-order valence-corrected chi connectivity index (χ4v) is 3.25. The van der Waals surface area contributed by atoms with Gasteiger partial charge in [0.2, 0.25) is 18.3 Å². The van der Waals surface area contributed by atoms with Crippen LogP contribution >= 0.6 is 0 Å². The van der Waals surface area contributed by atoms with Crippen molar-refractivity contribution in [1.29, 1.82) is 0 Å². The van der Waals surface area contributed by atoms with Crippen LogP contribution in [0.4, 0.5) is 11.9 Å². The number of aryl methyl sites for hydroxylation is 1. The third-order valence-electron chi connectivity index (χ3n) is 5.09. The number of amides is 2. The number of aliphatic hydroxyl groups excluding tert-OH is 1. The Balaban J connectivity index is 2.02. The van der Waals surface area contributed by atoms with Crippen LogP contribution in [0, 0.1) is 0 Å². The number of rotatable bonds is 12. The van der Waals surface area contributed by atoms with Crippen LogP contribution < -0.4 is 15.8 Å². The zero-order valence-electron chi connectivity index (χ0n) is 17.8. The lowest BCUT2D eigenvalue weighted by Gasteiger charge is -2.29. The highest BCUT2D eigenvalue weighted by Gasteiger charge is 2.24. The molecule has 1 aromatic heterocycles. The van der Waals surface area contributed by atoms with Crippen molar-refractivity contribution in [3.8, 4) is 0 Å². The molecule has 0 aromatic carbocycles. The molecule has 2 rings (SSSR count). The maximum Gasteiger partial charge on any atom is 0.263 e. The molecular weight excluding hydrogens is 390 g/mol. The fourth-order valence-electron chi connectivity index (χ4n) is 3.25. The number of anilines is 2. The average molecular weight is 424 g/mol. The summed E-state index contributed by atoms with van der Waals surface area (Å²) in [5.74, 6) is 0.674. The zero-order chi connectivity index (χ0) is 21.9. The largest absolute Gasteiger partial charge is 0.393 e. The van der Waals surface area contributed by atoms with Crippen molar-refractivity contribution in [2.45, 2.75) is 77.4 Å². The molecule has 30 heavy (non-hydrogen) atoms. The average Bonchev–Trinajstić information content (AvgIpc) is 2.77. The van der Waals surface area contributed by atoms with Crippen LogP contribution in [0.25, 0.3) is 0 Å². The number of aromatic nitrogens is 3. The monoisotopic (exact) mass is 423 g/mol. The van der Waals surface area contributed by atoms with E-state index in [0.717, 1.165) is 19.3 Å². The molecule has 0 spiro atoms. The molecule has 11 nitrogen and oxygen atoms in total. The van der Waals surface area contributed by atoms with Gasteiger partial charge in [0.25, 0.3) is 5.91 Å². The Labute approximate surface area is 176 Å². The third kappa shape index (κ3) is 7.06. The molecule has 1 saturated heterocycles. The second-order valence-electron chi connectivity index (χ2n) is 7.41. The number of carbonyl (C=O) groups is 2. The quantitative estimate of drug-likeness (QED) is 0.168. The molecule has 2 amide bonds. The lowest BCUT2D eigenvalue weighted by Crippen LogP contribution is -2.47. The van der Waals surface area contributed by atoms with Gasteiger partial charge in [0.1, 0.15) is 11.9 Å². The Morgan fingerprint density at radius 3 is 2.60 bits per heavy atom. The van der Waals surface area contributed by atoms with E-state index in [0.29, 0.717) is 62.0 Å². The first-order chi connectivity index (χ1) is 14.5. The van der Waals surface area contributed by atoms with E-state index < -0.39 is 11.9 Å². The minimum atomic E-state index is -0.998. The Hall–Kier alpha value is -2.53. The molecule has 0 bridgehead atoms. The molecule has 0 saturated carbocycles. The minimum Gasteiger partial charge on any atom is -0.393 e. The van der Waals surface area contributed by atoms with Crippen molar-refractivity contribution >= 4 is 24.2 Å². The summed E-state index contributed by atoms with van der Waals surface area (Å²) >= 11 is 0. The first-order valence-corrected chi connectivity index (χ1v) is 10.6. The molecule has 0 aliphatic carbocycles. The smallest absolute Gasteiger partial charge is 0.263 e. The number of hydrogen-bond acceptors (Lipinski definition) is 9. The second kappa shape index (κ2) is 12.2. The molecule has 1 aliphatic rings. The summed E-state index contributed by atoms with van der Waals surface area (Å²) in [7, 11) is 0. The number of hydrogen-bond donors (Lipinski definition) is 4. The van der Waals surface area contributed by atoms with Crippen LogP contribution in [-0.4, -0.2) is 67.9 Å². The lowest BCUT2D eigenvalue weighted by atomic mass is 10.1. The molecule has 168 valence electrons. The van der Waals surface area contributed by atoms with E-state index >= 15 is 0 Å². The standard InChI is InChI=1S/C19H33N7O4/c1-3-5-6-7-8-15(26(30)13-27)17(29)23-24-18-20-16(4-2)21-19(22-18)25-11-9-14(28)10-12-25/h13-15,28,30H,3-12H2,1-2H3,(H,23,29)(H,20,21,22,24)/t15-/m1/s1. The number of piperidine rings is 1. The van der Waals surface area contributed by atoms with E-state index in [1.165, 1.54) is 0 Å². The number of aliphatic hydroxyl groups is 1. The van der Waals surface area contributed by atoms with Gasteiger partial charge in [0.05, 0.1) is 6.10 Å². The molecule has 11 heteroatoms. The fraction of sp³-hybridized carbons (Fsp3) is 0.737. The Morgan fingerprint density at radius 2 is 1.97 bits per heavy atom. The van der Waals surface area contributed by atoms with Crippen molar-refractivity contribution < 1.29 is 19.9 Å². The van der Waals surface area contributed by atoms with Gasteiger partial charge in [-0.15, -0.1) is 0 Å². The van der Waals surface area contributed by atoms with Gasteiger partial charge in [0, 0.05) is 19.5 Å². The minimum absolute atomic E-state index is 0.177. The number of hydrazine groups is 1. The lowest BCUT2D eigenvalue weighted by molar-refractivity contribution is -0.167. The Morgan fingerprint density at radius 1 is 1.23 bits per heavy atom. The van der Waals surface area contributed by atoms with Crippen LogP contribution in [0.1, 0.15) is 64.6 Å². The second-order valence-corrected chi connectivity index (χ2v) is 7.41. The van der Waals surface area contributed by atoms with Crippen molar-refractivity contribution in [3.05, 3.63) is 5.82 Å². The topological polar surface area (TPSA) is 144 Å². The first-order valence-electron chi connectivity index (χ1n) is 10.6. The highest BCUT2D eigenvalue weighted by molar-refractivity contribution is 5.84. The molecule has 1 aliphatic heterocycles. The van der Waals surface area contributed by atoms with Gasteiger partial charge in [-0.2, -0.15) is 15.0 Å². The van der Waals surface area contributed by atoms with Gasteiger partial charge >= 0.3 is 0 Å². The van der Waals surface area contributed by atoms with Gasteiger partial charge < -0.3 is 10.0 Å². The molecule has 1 fully saturated rings. The van der Waals surface area contributed by atoms with Crippen molar-refractivity contribution in [3.63, 3.8) is 0 Å². The Kier molecular flexibility index (Phi) is 9.68. The molecule has 4 N–H and O–H groups in total. The number of nitrogens with zero attached hydrogens (tertiary/aromatic N) is 5. The highest BCUT2D eigenvalue weighted by atomic mass is 16.5. The van der Waals surface area contributed by atoms with Crippen LogP contribution in [-0.2, 0) is 16.0 Å². The van der Waals surface area contributed by atoms with Gasteiger partial charge in [-0.3, -0.25) is 25.6 Å². The van der Waals surface area contributed by atoms with E-state index in [1.807, 2.05) is 11.8 Å². The van der Waals surface area contributed by atoms with Crippen LogP contribution in [0.5, 0.6) is 0 Å². The predicted molar refractivity (Wildman–Crippen MR) is 111 cm³/mol. The molecule has 1 aromatic rings. The normalized spacial score (nSPS) is 15.5. The van der Waals surface area contributed by atoms with Gasteiger partial charge in [-0.05, 0) is 19.3 Å². The van der Waals surface area contributed by atoms with E-state index in [2.05, 4.69) is 32.7 Å². The summed E-state index contributed by atoms with van der Waals surface area (Å²) in [4.78, 5) is 38.5. The predicted octanol–water partition coefficient (Wildman–Crippen LogP) is 1.02. The number of nitrogens with one attached hydrogen (secondary N) is 2. The summed E-state index contributed by atoms with van der Waals surface area (Å²) in [6.07, 6.45) is 5.85. The summed E-state index contributed by atoms with van der Waals surface area (Å²) < 4.78 is 0. The highest BCUT2D eigenvalue weighted by Crippen LogP contribution is 2.17. The number of hydroxylamine groups is 2. The van der Waals surface area contributed by atoms with Gasteiger partial charge in [-0.1, -0.05) is 39.5 Å². The van der Waals surface area contributed by atoms with Crippen LogP contribution in [0.15, 0.2) is 0 Å². The van der Waals surface area contributed by atoms with Crippen molar-refractivity contribution in [1.82, 2.24) is 25.4 Å². The maximum absolute atomic E-state index is 12.5. The van der Waals surface area contributed by atoms with Crippen LogP contribution in [0.2, 0.25) is 0 Å². The van der Waals surface area contributed by atoms with Crippen molar-refractivity contribution in [2.24, 2.45) is 0 Å². The third-order valence-corrected chi connectivity index (χ3v) is 5.09. The van der Waals surface area contributed by atoms with Crippen molar-refractivity contribution in [2.75, 3.05) is 23.4 Å². The maximum atomic E-state index is 12.5. The first kappa shape index (κ1) is 23.7. The molecular formula is C19H33N7O4. The molecule has 0 unspecified atom stereocenters. The number of carbonyl (C=O) groups excluding carboxylic acids is 2. The summed E-state index contributed by atoms with van der Waals surface area (Å²) in [5, 5.41) is 19.8. The SMILES string of the molecule is CCCCCC[C@H](C(=O)NNc1nc(CC)nc(N2CCC(O)CC2)n1)N(O)C=O. The summed E-state index contributed by atoms with van der Waals surface area (Å²) in [6.45, 7) is 5.27. The summed E-state index contributed by atoms with van der Waals surface area (Å²) in [5.41, 5.74) is 5.16. The molecule has 2 heterocycles. The summed E-state index contributed by atoms with van der Waals surface area (Å²) in [6, 6.07) is -0.998. The van der Waals surface area contributed by atoms with Gasteiger partial charge in [0.15, 0.2) is 0 Å². The molecule has 1 atom stereocenters. The van der Waals surface area contributed by atoms with Crippen LogP contribution in [0.3, 0.4) is 0 Å². The molecule has 0 radical (unpaired) electrons. The van der Waals surface area contributed by atoms with E-state index in [-0.39, 0.29) is 18.5 Å². The Bertz CT molecular complexity index is 683. The van der Waals surface area contributed by atoms with E-state index in [4.69, 9.17) is 0 Å². The van der Waals surface area contributed by atoms with E-state index in [9.17, 15) is 19.9 Å². The van der Waals surface area contributed by atoms with E-state index in [1.54, 1.807) is 0 Å². The zero-order valence-corrected chi connectivity index (χ0v) is 17.8. The number of unbranched alkanes of at least 4 members (excludes halogenated alkanes) is 3. The van der Waals surface area contributed by atoms with Gasteiger partial charge in [-0.25, -0.2) is 5.06 Å².